The number of anilines is 1. The van der Waals surface area contributed by atoms with Gasteiger partial charge in [-0.15, -0.1) is 0 Å². The molecule has 0 saturated carbocycles. The van der Waals surface area contributed by atoms with Crippen LogP contribution in [-0.4, -0.2) is 74.5 Å². The van der Waals surface area contributed by atoms with Gasteiger partial charge in [0.25, 0.3) is 10.1 Å². The van der Waals surface area contributed by atoms with Gasteiger partial charge in [-0.05, 0) is 48.4 Å². The fraction of sp³-hybridized carbons (Fsp3) is 0.440. The van der Waals surface area contributed by atoms with Crippen molar-refractivity contribution in [3.05, 3.63) is 59.7 Å². The first-order valence-electron chi connectivity index (χ1n) is 11.3. The van der Waals surface area contributed by atoms with Crippen LogP contribution in [0.25, 0.3) is 12.2 Å². The maximum absolute atomic E-state index is 11.5. The lowest BCUT2D eigenvalue weighted by Crippen LogP contribution is -2.17. The summed E-state index contributed by atoms with van der Waals surface area (Å²) in [5.74, 6) is 0.706. The van der Waals surface area contributed by atoms with Crippen LogP contribution in [-0.2, 0) is 23.8 Å². The van der Waals surface area contributed by atoms with Gasteiger partial charge in [-0.1, -0.05) is 36.4 Å². The summed E-state index contributed by atoms with van der Waals surface area (Å²) in [4.78, 5) is 2.07. The molecule has 34 heavy (non-hydrogen) atoms. The smallest absolute Gasteiger partial charge is 0.267 e. The Bertz CT molecular complexity index is 944. The first-order chi connectivity index (χ1) is 16.4. The summed E-state index contributed by atoms with van der Waals surface area (Å²) in [6, 6.07) is 16.3. The van der Waals surface area contributed by atoms with Crippen LogP contribution < -0.4 is 15.4 Å². The highest BCUT2D eigenvalue weighted by Crippen LogP contribution is 2.16. The van der Waals surface area contributed by atoms with Gasteiger partial charge in [0, 0.05) is 19.8 Å². The number of rotatable bonds is 17. The quantitative estimate of drug-likeness (QED) is 0.204. The summed E-state index contributed by atoms with van der Waals surface area (Å²) in [6.45, 7) is 2.09. The van der Waals surface area contributed by atoms with Crippen LogP contribution in [0, 0.1) is 0 Å². The molecule has 0 aliphatic carbocycles. The molecule has 2 N–H and O–H groups in total. The zero-order valence-electron chi connectivity index (χ0n) is 20.0. The Balaban J connectivity index is 1.54. The van der Waals surface area contributed by atoms with E-state index in [-0.39, 0.29) is 19.0 Å². The first-order valence-corrected chi connectivity index (χ1v) is 12.9. The van der Waals surface area contributed by atoms with Gasteiger partial charge in [-0.25, -0.2) is 0 Å². The second-order valence-electron chi connectivity index (χ2n) is 7.69. The summed E-state index contributed by atoms with van der Waals surface area (Å²) in [5, 5.41) is 0. The number of ether oxygens (including phenoxy) is 3. The Labute approximate surface area is 203 Å². The third-order valence-corrected chi connectivity index (χ3v) is 6.03. The van der Waals surface area contributed by atoms with E-state index in [4.69, 9.17) is 24.1 Å². The van der Waals surface area contributed by atoms with Crippen molar-refractivity contribution in [2.24, 2.45) is 5.73 Å². The lowest BCUT2D eigenvalue weighted by Gasteiger charge is -2.11. The van der Waals surface area contributed by atoms with Gasteiger partial charge in [0.2, 0.25) is 0 Å². The molecule has 0 spiro atoms. The summed E-state index contributed by atoms with van der Waals surface area (Å²) in [6.07, 6.45) is 4.53. The minimum absolute atomic E-state index is 0.00999. The average Bonchev–Trinajstić information content (AvgIpc) is 2.83. The lowest BCUT2D eigenvalue weighted by atomic mass is 10.1. The summed E-state index contributed by atoms with van der Waals surface area (Å²) in [7, 11) is 0.540. The molecule has 2 rings (SSSR count). The molecule has 0 bridgehead atoms. The molecule has 2 aromatic rings. The highest BCUT2D eigenvalue weighted by Gasteiger charge is 2.09. The summed E-state index contributed by atoms with van der Waals surface area (Å²) < 4.78 is 44.2. The molecule has 0 radical (unpaired) electrons. The van der Waals surface area contributed by atoms with Crippen molar-refractivity contribution in [1.29, 1.82) is 0 Å². The van der Waals surface area contributed by atoms with E-state index >= 15 is 0 Å². The predicted molar refractivity (Wildman–Crippen MR) is 137 cm³/mol. The number of benzene rings is 2. The highest BCUT2D eigenvalue weighted by atomic mass is 32.2. The normalized spacial score (nSPS) is 11.7. The van der Waals surface area contributed by atoms with E-state index in [2.05, 4.69) is 41.3 Å². The first kappa shape index (κ1) is 27.8. The Morgan fingerprint density at radius 3 is 1.88 bits per heavy atom. The molecule has 0 atom stereocenters. The lowest BCUT2D eigenvalue weighted by molar-refractivity contribution is 0.0279. The molecule has 9 heteroatoms. The molecule has 0 aromatic heterocycles. The number of hydrogen-bond acceptors (Lipinski definition) is 8. The van der Waals surface area contributed by atoms with Crippen molar-refractivity contribution in [3.63, 3.8) is 0 Å². The van der Waals surface area contributed by atoms with Crippen molar-refractivity contribution in [3.8, 4) is 5.75 Å². The fourth-order valence-corrected chi connectivity index (χ4v) is 3.79. The molecule has 0 unspecified atom stereocenters. The van der Waals surface area contributed by atoms with E-state index in [1.807, 2.05) is 38.4 Å². The van der Waals surface area contributed by atoms with Crippen LogP contribution in [0.2, 0.25) is 0 Å². The van der Waals surface area contributed by atoms with Crippen molar-refractivity contribution in [2.45, 2.75) is 6.42 Å². The van der Waals surface area contributed by atoms with E-state index in [1.54, 1.807) is 0 Å². The van der Waals surface area contributed by atoms with Gasteiger partial charge in [0.15, 0.2) is 0 Å². The zero-order chi connectivity index (χ0) is 24.7. The van der Waals surface area contributed by atoms with Gasteiger partial charge in [0.1, 0.15) is 12.4 Å². The van der Waals surface area contributed by atoms with E-state index in [0.29, 0.717) is 39.4 Å². The molecule has 0 fully saturated rings. The van der Waals surface area contributed by atoms with Crippen LogP contribution in [0.15, 0.2) is 48.5 Å². The van der Waals surface area contributed by atoms with Crippen molar-refractivity contribution >= 4 is 28.0 Å². The molecular weight excluding hydrogens is 456 g/mol. The molecule has 8 nitrogen and oxygen atoms in total. The summed E-state index contributed by atoms with van der Waals surface area (Å²) >= 11 is 0. The zero-order valence-corrected chi connectivity index (χ0v) is 20.8. The molecule has 188 valence electrons. The third-order valence-electron chi connectivity index (χ3n) is 4.72. The molecular formula is C25H36N2O6S. The molecule has 0 amide bonds. The van der Waals surface area contributed by atoms with Crippen LogP contribution in [0.1, 0.15) is 17.5 Å². The van der Waals surface area contributed by atoms with E-state index < -0.39 is 10.1 Å². The second kappa shape index (κ2) is 15.5. The Kier molecular flexibility index (Phi) is 12.7. The van der Waals surface area contributed by atoms with Crippen LogP contribution in [0.5, 0.6) is 5.75 Å². The fourth-order valence-electron chi connectivity index (χ4n) is 2.83. The van der Waals surface area contributed by atoms with E-state index in [9.17, 15) is 8.42 Å². The van der Waals surface area contributed by atoms with Gasteiger partial charge in [-0.3, -0.25) is 4.18 Å². The van der Waals surface area contributed by atoms with Gasteiger partial charge >= 0.3 is 0 Å². The number of nitrogens with two attached hydrogens (primary N) is 1. The largest absolute Gasteiger partial charge is 0.491 e. The molecule has 0 aliphatic heterocycles. The van der Waals surface area contributed by atoms with E-state index in [0.717, 1.165) is 16.9 Å². The van der Waals surface area contributed by atoms with Crippen LogP contribution in [0.3, 0.4) is 0 Å². The van der Waals surface area contributed by atoms with Crippen molar-refractivity contribution < 1.29 is 26.8 Å². The predicted octanol–water partition coefficient (Wildman–Crippen LogP) is 3.03. The van der Waals surface area contributed by atoms with Crippen molar-refractivity contribution in [1.82, 2.24) is 0 Å². The number of hydrogen-bond donors (Lipinski definition) is 1. The standard InChI is InChI=1S/C25H36N2O6S/c1-27(2)24-10-6-22(7-11-24)4-5-23-8-12-25(13-9-23)32-19-17-30-15-16-31-18-20-33-34(28,29)21-3-14-26/h4-13H,3,14-21,26H2,1-2H3/b5-4+. The average molecular weight is 493 g/mol. The summed E-state index contributed by atoms with van der Waals surface area (Å²) in [5.41, 5.74) is 8.70. The Morgan fingerprint density at radius 2 is 1.32 bits per heavy atom. The molecule has 2 aromatic carbocycles. The molecule has 0 aliphatic rings. The maximum atomic E-state index is 11.5. The van der Waals surface area contributed by atoms with E-state index in [1.165, 1.54) is 5.69 Å². The van der Waals surface area contributed by atoms with Crippen LogP contribution in [0.4, 0.5) is 5.69 Å². The Hall–Kier alpha value is -2.43. The van der Waals surface area contributed by atoms with Gasteiger partial charge < -0.3 is 24.8 Å². The minimum Gasteiger partial charge on any atom is -0.491 e. The molecule has 0 saturated heterocycles. The van der Waals surface area contributed by atoms with Crippen molar-refractivity contribution in [2.75, 3.05) is 70.9 Å². The number of nitrogens with zero attached hydrogens (tertiary/aromatic N) is 1. The topological polar surface area (TPSA) is 100 Å². The van der Waals surface area contributed by atoms with Crippen LogP contribution >= 0.6 is 0 Å². The monoisotopic (exact) mass is 492 g/mol. The Morgan fingerprint density at radius 1 is 0.794 bits per heavy atom. The van der Waals surface area contributed by atoms with Gasteiger partial charge in [0.05, 0.1) is 38.8 Å². The third kappa shape index (κ3) is 11.6. The minimum atomic E-state index is -3.51. The highest BCUT2D eigenvalue weighted by molar-refractivity contribution is 7.86. The SMILES string of the molecule is CN(C)c1ccc(/C=C/c2ccc(OCCOCCOCCOS(=O)(=O)CCCN)cc2)cc1. The maximum Gasteiger partial charge on any atom is 0.267 e. The van der Waals surface area contributed by atoms with Gasteiger partial charge in [-0.2, -0.15) is 8.42 Å². The second-order valence-corrected chi connectivity index (χ2v) is 9.45. The molecule has 0 heterocycles.